The molecule has 0 aliphatic carbocycles. The van der Waals surface area contributed by atoms with Crippen molar-refractivity contribution in [1.29, 1.82) is 0 Å². The van der Waals surface area contributed by atoms with Gasteiger partial charge in [-0.05, 0) is 29.8 Å². The van der Waals surface area contributed by atoms with Crippen molar-refractivity contribution in [3.63, 3.8) is 0 Å². The lowest BCUT2D eigenvalue weighted by Crippen LogP contribution is -1.96. The number of allylic oxidation sites excluding steroid dienone is 1. The van der Waals surface area contributed by atoms with Gasteiger partial charge in [0.15, 0.2) is 5.78 Å². The summed E-state index contributed by atoms with van der Waals surface area (Å²) >= 11 is 5.79. The van der Waals surface area contributed by atoms with E-state index in [1.54, 1.807) is 6.07 Å². The number of hydrogen-bond acceptors (Lipinski definition) is 3. The zero-order valence-corrected chi connectivity index (χ0v) is 11.4. The Balaban J connectivity index is 2.22. The first-order valence-electron chi connectivity index (χ1n) is 5.89. The monoisotopic (exact) mass is 305 g/mol. The summed E-state index contributed by atoms with van der Waals surface area (Å²) in [7, 11) is 0. The average Bonchev–Trinajstić information content (AvgIpc) is 2.45. The third kappa shape index (κ3) is 3.73. The number of hydrogen-bond donors (Lipinski definition) is 0. The molecule has 2 aromatic carbocycles. The fourth-order valence-corrected chi connectivity index (χ4v) is 1.95. The molecule has 0 atom stereocenters. The van der Waals surface area contributed by atoms with E-state index in [0.717, 1.165) is 12.1 Å². The Morgan fingerprint density at radius 3 is 2.67 bits per heavy atom. The number of ketones is 1. The van der Waals surface area contributed by atoms with E-state index in [0.29, 0.717) is 5.56 Å². The smallest absolute Gasteiger partial charge is 0.270 e. The first-order valence-corrected chi connectivity index (χ1v) is 6.27. The first-order chi connectivity index (χ1) is 9.97. The van der Waals surface area contributed by atoms with Crippen molar-refractivity contribution in [3.8, 4) is 0 Å². The lowest BCUT2D eigenvalue weighted by molar-refractivity contribution is -0.384. The van der Waals surface area contributed by atoms with Crippen LogP contribution in [0.4, 0.5) is 10.1 Å². The highest BCUT2D eigenvalue weighted by atomic mass is 35.5. The highest BCUT2D eigenvalue weighted by Gasteiger charge is 2.09. The van der Waals surface area contributed by atoms with Crippen LogP contribution in [0.5, 0.6) is 0 Å². The first kappa shape index (κ1) is 14.9. The molecule has 0 spiro atoms. The molecule has 21 heavy (non-hydrogen) atoms. The standard InChI is InChI=1S/C15H9ClFNO3/c16-14-9-11(17)5-6-13(14)15(19)7-4-10-2-1-3-12(8-10)18(20)21/h1-9H/b7-4+. The van der Waals surface area contributed by atoms with E-state index in [4.69, 9.17) is 11.6 Å². The molecule has 4 nitrogen and oxygen atoms in total. The van der Waals surface area contributed by atoms with Crippen molar-refractivity contribution in [1.82, 2.24) is 0 Å². The molecular formula is C15H9ClFNO3. The zero-order valence-electron chi connectivity index (χ0n) is 10.6. The second kappa shape index (κ2) is 6.28. The van der Waals surface area contributed by atoms with Crippen LogP contribution in [0.15, 0.2) is 48.5 Å². The minimum Gasteiger partial charge on any atom is -0.289 e. The average molecular weight is 306 g/mol. The minimum atomic E-state index is -0.529. The fourth-order valence-electron chi connectivity index (χ4n) is 1.69. The highest BCUT2D eigenvalue weighted by molar-refractivity contribution is 6.34. The second-order valence-corrected chi connectivity index (χ2v) is 4.58. The third-order valence-corrected chi connectivity index (χ3v) is 3.02. The summed E-state index contributed by atoms with van der Waals surface area (Å²) in [6.45, 7) is 0. The van der Waals surface area contributed by atoms with E-state index in [-0.39, 0.29) is 16.3 Å². The van der Waals surface area contributed by atoms with E-state index < -0.39 is 16.5 Å². The maximum absolute atomic E-state index is 12.9. The topological polar surface area (TPSA) is 60.2 Å². The molecule has 0 saturated carbocycles. The predicted molar refractivity (Wildman–Crippen MR) is 77.9 cm³/mol. The molecule has 2 rings (SSSR count). The van der Waals surface area contributed by atoms with Crippen molar-refractivity contribution < 1.29 is 14.1 Å². The van der Waals surface area contributed by atoms with Gasteiger partial charge < -0.3 is 0 Å². The van der Waals surface area contributed by atoms with E-state index in [9.17, 15) is 19.3 Å². The number of nitrogens with zero attached hydrogens (tertiary/aromatic N) is 1. The van der Waals surface area contributed by atoms with Crippen molar-refractivity contribution in [2.45, 2.75) is 0 Å². The van der Waals surface area contributed by atoms with Gasteiger partial charge in [-0.15, -0.1) is 0 Å². The summed E-state index contributed by atoms with van der Waals surface area (Å²) in [6.07, 6.45) is 2.67. The Morgan fingerprint density at radius 2 is 2.00 bits per heavy atom. The number of benzene rings is 2. The molecular weight excluding hydrogens is 297 g/mol. The maximum atomic E-state index is 12.9. The van der Waals surface area contributed by atoms with Gasteiger partial charge in [0.05, 0.1) is 9.95 Å². The van der Waals surface area contributed by atoms with Crippen molar-refractivity contribution in [2.75, 3.05) is 0 Å². The number of nitro benzene ring substituents is 1. The Morgan fingerprint density at radius 1 is 1.24 bits per heavy atom. The van der Waals surface area contributed by atoms with Crippen LogP contribution in [0.25, 0.3) is 6.08 Å². The van der Waals surface area contributed by atoms with Gasteiger partial charge >= 0.3 is 0 Å². The van der Waals surface area contributed by atoms with Crippen LogP contribution in [0.1, 0.15) is 15.9 Å². The summed E-state index contributed by atoms with van der Waals surface area (Å²) in [5.74, 6) is -0.939. The maximum Gasteiger partial charge on any atom is 0.270 e. The number of nitro groups is 1. The molecule has 0 heterocycles. The molecule has 0 aliphatic heterocycles. The van der Waals surface area contributed by atoms with Gasteiger partial charge in [0, 0.05) is 17.7 Å². The molecule has 0 radical (unpaired) electrons. The lowest BCUT2D eigenvalue weighted by Gasteiger charge is -1.99. The fraction of sp³-hybridized carbons (Fsp3) is 0. The van der Waals surface area contributed by atoms with E-state index in [2.05, 4.69) is 0 Å². The van der Waals surface area contributed by atoms with Crippen LogP contribution in [0.2, 0.25) is 5.02 Å². The van der Waals surface area contributed by atoms with Gasteiger partial charge in [-0.3, -0.25) is 14.9 Å². The molecule has 0 fully saturated rings. The largest absolute Gasteiger partial charge is 0.289 e. The van der Waals surface area contributed by atoms with Crippen LogP contribution in [-0.4, -0.2) is 10.7 Å². The van der Waals surface area contributed by atoms with E-state index in [1.165, 1.54) is 36.4 Å². The van der Waals surface area contributed by atoms with Crippen LogP contribution in [0, 0.1) is 15.9 Å². The van der Waals surface area contributed by atoms with Gasteiger partial charge in [0.25, 0.3) is 5.69 Å². The summed E-state index contributed by atoms with van der Waals surface area (Å²) in [5, 5.41) is 10.7. The number of non-ortho nitro benzene ring substituents is 1. The van der Waals surface area contributed by atoms with Crippen molar-refractivity contribution in [2.24, 2.45) is 0 Å². The second-order valence-electron chi connectivity index (χ2n) is 4.17. The Labute approximate surface area is 124 Å². The normalized spacial score (nSPS) is 10.8. The number of carbonyl (C=O) groups excluding carboxylic acids is 1. The quantitative estimate of drug-likeness (QED) is 0.366. The predicted octanol–water partition coefficient (Wildman–Crippen LogP) is 4.28. The lowest BCUT2D eigenvalue weighted by atomic mass is 10.1. The van der Waals surface area contributed by atoms with Crippen LogP contribution >= 0.6 is 11.6 Å². The van der Waals surface area contributed by atoms with Crippen LogP contribution < -0.4 is 0 Å². The SMILES string of the molecule is O=C(/C=C/c1cccc([N+](=O)[O-])c1)c1ccc(F)cc1Cl. The summed E-state index contributed by atoms with van der Waals surface area (Å²) < 4.78 is 12.9. The Kier molecular flexibility index (Phi) is 4.45. The number of carbonyl (C=O) groups is 1. The summed E-state index contributed by atoms with van der Waals surface area (Å²) in [4.78, 5) is 22.1. The number of rotatable bonds is 4. The van der Waals surface area contributed by atoms with Gasteiger partial charge in [0.2, 0.25) is 0 Å². The van der Waals surface area contributed by atoms with E-state index >= 15 is 0 Å². The van der Waals surface area contributed by atoms with Crippen molar-refractivity contribution in [3.05, 3.63) is 80.6 Å². The van der Waals surface area contributed by atoms with Crippen LogP contribution in [-0.2, 0) is 0 Å². The Hall–Kier alpha value is -2.53. The molecule has 0 amide bonds. The molecule has 0 N–H and O–H groups in total. The summed E-state index contributed by atoms with van der Waals surface area (Å²) in [6, 6.07) is 9.33. The molecule has 0 bridgehead atoms. The van der Waals surface area contributed by atoms with Gasteiger partial charge in [-0.2, -0.15) is 0 Å². The molecule has 0 aromatic heterocycles. The summed E-state index contributed by atoms with van der Waals surface area (Å²) in [5.41, 5.74) is 0.611. The molecule has 2 aromatic rings. The van der Waals surface area contributed by atoms with Crippen molar-refractivity contribution >= 4 is 29.1 Å². The molecule has 0 aliphatic rings. The molecule has 0 unspecified atom stereocenters. The molecule has 6 heteroatoms. The molecule has 0 saturated heterocycles. The Bertz CT molecular complexity index is 743. The third-order valence-electron chi connectivity index (χ3n) is 2.70. The minimum absolute atomic E-state index is 0.0173. The van der Waals surface area contributed by atoms with Crippen LogP contribution in [0.3, 0.4) is 0 Å². The van der Waals surface area contributed by atoms with Gasteiger partial charge in [-0.25, -0.2) is 4.39 Å². The van der Waals surface area contributed by atoms with E-state index in [1.807, 2.05) is 0 Å². The van der Waals surface area contributed by atoms with Gasteiger partial charge in [0.1, 0.15) is 5.82 Å². The zero-order chi connectivity index (χ0) is 15.4. The molecule has 106 valence electrons. The highest BCUT2D eigenvalue weighted by Crippen LogP contribution is 2.19. The van der Waals surface area contributed by atoms with Gasteiger partial charge in [-0.1, -0.05) is 29.8 Å². The number of halogens is 2.